The normalized spacial score (nSPS) is 17.5. The Kier molecular flexibility index (Phi) is 4.42. The molecular weight excluding hydrogens is 267 g/mol. The van der Waals surface area contributed by atoms with Crippen LogP contribution in [0.2, 0.25) is 0 Å². The minimum absolute atomic E-state index is 0.163. The number of rotatable bonds is 3. The predicted molar refractivity (Wildman–Crippen MR) is 74.8 cm³/mol. The molecule has 0 bridgehead atoms. The molecule has 1 aliphatic rings. The first-order chi connectivity index (χ1) is 9.43. The van der Waals surface area contributed by atoms with Crippen LogP contribution in [0.5, 0.6) is 0 Å². The maximum absolute atomic E-state index is 12.9. The summed E-state index contributed by atoms with van der Waals surface area (Å²) in [6, 6.07) is 4.12. The standard InChI is InChI=1S/C14H20F3N3/c1-2-6-19-7-9-20(10-8-19)12-5-3-4-11(13(12)18)14(15,16)17/h3-5H,2,6-10,18H2,1H3. The van der Waals surface area contributed by atoms with E-state index in [4.69, 9.17) is 5.73 Å². The number of para-hydroxylation sites is 1. The lowest BCUT2D eigenvalue weighted by atomic mass is 10.1. The number of hydrogen-bond acceptors (Lipinski definition) is 3. The first-order valence-corrected chi connectivity index (χ1v) is 6.86. The lowest BCUT2D eigenvalue weighted by Gasteiger charge is -2.36. The number of alkyl halides is 3. The first kappa shape index (κ1) is 15.0. The Morgan fingerprint density at radius 1 is 1.15 bits per heavy atom. The highest BCUT2D eigenvalue weighted by Gasteiger charge is 2.34. The van der Waals surface area contributed by atoms with Crippen molar-refractivity contribution < 1.29 is 13.2 Å². The van der Waals surface area contributed by atoms with Crippen LogP contribution in [0.3, 0.4) is 0 Å². The number of piperazine rings is 1. The summed E-state index contributed by atoms with van der Waals surface area (Å²) in [5.41, 5.74) is 5.31. The third-order valence-electron chi connectivity index (χ3n) is 3.64. The highest BCUT2D eigenvalue weighted by molar-refractivity contribution is 5.72. The van der Waals surface area contributed by atoms with Crippen LogP contribution in [-0.2, 0) is 6.18 Å². The van der Waals surface area contributed by atoms with E-state index in [1.807, 2.05) is 4.90 Å². The van der Waals surface area contributed by atoms with Crippen LogP contribution in [0.15, 0.2) is 18.2 Å². The largest absolute Gasteiger partial charge is 0.418 e. The topological polar surface area (TPSA) is 32.5 Å². The van der Waals surface area contributed by atoms with Crippen LogP contribution >= 0.6 is 0 Å². The van der Waals surface area contributed by atoms with Crippen molar-refractivity contribution in [2.24, 2.45) is 0 Å². The predicted octanol–water partition coefficient (Wildman–Crippen LogP) is 2.82. The van der Waals surface area contributed by atoms with Crippen molar-refractivity contribution in [3.8, 4) is 0 Å². The molecule has 3 nitrogen and oxygen atoms in total. The summed E-state index contributed by atoms with van der Waals surface area (Å²) in [6.45, 7) is 6.31. The molecule has 0 aromatic heterocycles. The third-order valence-corrected chi connectivity index (χ3v) is 3.64. The quantitative estimate of drug-likeness (QED) is 0.868. The summed E-state index contributed by atoms with van der Waals surface area (Å²) in [6.07, 6.45) is -3.31. The molecule has 20 heavy (non-hydrogen) atoms. The van der Waals surface area contributed by atoms with E-state index >= 15 is 0 Å². The van der Waals surface area contributed by atoms with Gasteiger partial charge >= 0.3 is 6.18 Å². The van der Waals surface area contributed by atoms with Crippen molar-refractivity contribution >= 4 is 11.4 Å². The van der Waals surface area contributed by atoms with E-state index in [1.54, 1.807) is 6.07 Å². The Balaban J connectivity index is 2.15. The van der Waals surface area contributed by atoms with Gasteiger partial charge in [0.25, 0.3) is 0 Å². The lowest BCUT2D eigenvalue weighted by Crippen LogP contribution is -2.46. The van der Waals surface area contributed by atoms with Crippen molar-refractivity contribution in [2.75, 3.05) is 43.4 Å². The highest BCUT2D eigenvalue weighted by Crippen LogP contribution is 2.38. The van der Waals surface area contributed by atoms with E-state index in [1.165, 1.54) is 6.07 Å². The van der Waals surface area contributed by atoms with Crippen molar-refractivity contribution in [1.82, 2.24) is 4.90 Å². The monoisotopic (exact) mass is 287 g/mol. The molecule has 2 rings (SSSR count). The second-order valence-electron chi connectivity index (χ2n) is 5.06. The van der Waals surface area contributed by atoms with Crippen molar-refractivity contribution in [3.05, 3.63) is 23.8 Å². The molecule has 1 aliphatic heterocycles. The van der Waals surface area contributed by atoms with Gasteiger partial charge in [-0.15, -0.1) is 0 Å². The van der Waals surface area contributed by atoms with Gasteiger partial charge in [-0.25, -0.2) is 0 Å². The summed E-state index contributed by atoms with van der Waals surface area (Å²) in [5.74, 6) is 0. The van der Waals surface area contributed by atoms with E-state index < -0.39 is 11.7 Å². The van der Waals surface area contributed by atoms with Gasteiger partial charge in [0.1, 0.15) is 0 Å². The number of nitrogens with two attached hydrogens (primary N) is 1. The van der Waals surface area contributed by atoms with Gasteiger partial charge in [0.15, 0.2) is 0 Å². The van der Waals surface area contributed by atoms with Crippen molar-refractivity contribution in [2.45, 2.75) is 19.5 Å². The van der Waals surface area contributed by atoms with Gasteiger partial charge in [0, 0.05) is 26.2 Å². The zero-order valence-electron chi connectivity index (χ0n) is 11.6. The fourth-order valence-electron chi connectivity index (χ4n) is 2.60. The molecule has 0 saturated carbocycles. The van der Waals surface area contributed by atoms with E-state index in [0.717, 1.165) is 32.1 Å². The number of nitrogen functional groups attached to an aromatic ring is 1. The number of halogens is 3. The number of benzene rings is 1. The van der Waals surface area contributed by atoms with Gasteiger partial charge in [0.05, 0.1) is 16.9 Å². The average Bonchev–Trinajstić information content (AvgIpc) is 2.39. The molecule has 1 fully saturated rings. The zero-order chi connectivity index (χ0) is 14.8. The van der Waals surface area contributed by atoms with Gasteiger partial charge in [0.2, 0.25) is 0 Å². The van der Waals surface area contributed by atoms with Gasteiger partial charge in [-0.05, 0) is 25.1 Å². The number of nitrogens with zero attached hydrogens (tertiary/aromatic N) is 2. The molecule has 1 heterocycles. The highest BCUT2D eigenvalue weighted by atomic mass is 19.4. The van der Waals surface area contributed by atoms with Gasteiger partial charge in [-0.3, -0.25) is 4.90 Å². The molecule has 0 aliphatic carbocycles. The van der Waals surface area contributed by atoms with Crippen LogP contribution < -0.4 is 10.6 Å². The Bertz CT molecular complexity index is 451. The van der Waals surface area contributed by atoms with Gasteiger partial charge in [-0.2, -0.15) is 13.2 Å². The molecule has 2 N–H and O–H groups in total. The summed E-state index contributed by atoms with van der Waals surface area (Å²) in [5, 5.41) is 0. The summed E-state index contributed by atoms with van der Waals surface area (Å²) in [4.78, 5) is 4.26. The molecule has 0 atom stereocenters. The van der Waals surface area contributed by atoms with Crippen LogP contribution in [0, 0.1) is 0 Å². The molecule has 1 aromatic carbocycles. The SMILES string of the molecule is CCCN1CCN(c2cccc(C(F)(F)F)c2N)CC1. The van der Waals surface area contributed by atoms with Crippen molar-refractivity contribution in [1.29, 1.82) is 0 Å². The van der Waals surface area contributed by atoms with Crippen LogP contribution in [0.1, 0.15) is 18.9 Å². The molecule has 112 valence electrons. The minimum atomic E-state index is -4.40. The maximum atomic E-state index is 12.9. The van der Waals surface area contributed by atoms with Gasteiger partial charge < -0.3 is 10.6 Å². The third kappa shape index (κ3) is 3.17. The Morgan fingerprint density at radius 3 is 2.35 bits per heavy atom. The van der Waals surface area contributed by atoms with Crippen LogP contribution in [0.4, 0.5) is 24.5 Å². The van der Waals surface area contributed by atoms with E-state index in [9.17, 15) is 13.2 Å². The Morgan fingerprint density at radius 2 is 1.80 bits per heavy atom. The van der Waals surface area contributed by atoms with E-state index in [2.05, 4.69) is 11.8 Å². The summed E-state index contributed by atoms with van der Waals surface area (Å²) in [7, 11) is 0. The molecule has 0 radical (unpaired) electrons. The fraction of sp³-hybridized carbons (Fsp3) is 0.571. The smallest absolute Gasteiger partial charge is 0.397 e. The molecular formula is C14H20F3N3. The molecule has 0 spiro atoms. The molecule has 0 amide bonds. The minimum Gasteiger partial charge on any atom is -0.397 e. The van der Waals surface area contributed by atoms with Crippen molar-refractivity contribution in [3.63, 3.8) is 0 Å². The first-order valence-electron chi connectivity index (χ1n) is 6.86. The second kappa shape index (κ2) is 5.91. The second-order valence-corrected chi connectivity index (χ2v) is 5.06. The number of anilines is 2. The molecule has 1 saturated heterocycles. The number of hydrogen-bond donors (Lipinski definition) is 1. The van der Waals surface area contributed by atoms with Crippen LogP contribution in [-0.4, -0.2) is 37.6 Å². The van der Waals surface area contributed by atoms with Crippen LogP contribution in [0.25, 0.3) is 0 Å². The lowest BCUT2D eigenvalue weighted by molar-refractivity contribution is -0.136. The maximum Gasteiger partial charge on any atom is 0.418 e. The Hall–Kier alpha value is -1.43. The molecule has 1 aromatic rings. The molecule has 6 heteroatoms. The van der Waals surface area contributed by atoms with Gasteiger partial charge in [-0.1, -0.05) is 13.0 Å². The Labute approximate surface area is 117 Å². The molecule has 0 unspecified atom stereocenters. The summed E-state index contributed by atoms with van der Waals surface area (Å²) < 4.78 is 38.6. The van der Waals surface area contributed by atoms with E-state index in [0.29, 0.717) is 18.8 Å². The fourth-order valence-corrected chi connectivity index (χ4v) is 2.60. The average molecular weight is 287 g/mol. The zero-order valence-corrected chi connectivity index (χ0v) is 11.6. The summed E-state index contributed by atoms with van der Waals surface area (Å²) >= 11 is 0. The van der Waals surface area contributed by atoms with E-state index in [-0.39, 0.29) is 5.69 Å².